The fourth-order valence-corrected chi connectivity index (χ4v) is 5.33. The predicted molar refractivity (Wildman–Crippen MR) is 120 cm³/mol. The first kappa shape index (κ1) is 19.4. The SMILES string of the molecule is C[C@H]1Cc2cc(CC(C)(C)Cc3nc4cc(C(C)(C)C)ccc4s3)ccc2O1. The van der Waals surface area contributed by atoms with Gasteiger partial charge in [0.2, 0.25) is 0 Å². The van der Waals surface area contributed by atoms with Crippen LogP contribution in [0.5, 0.6) is 5.75 Å². The van der Waals surface area contributed by atoms with Gasteiger partial charge in [-0.2, -0.15) is 0 Å². The molecule has 0 unspecified atom stereocenters. The lowest BCUT2D eigenvalue weighted by Crippen LogP contribution is -2.18. The van der Waals surface area contributed by atoms with Crippen LogP contribution < -0.4 is 4.74 Å². The van der Waals surface area contributed by atoms with E-state index in [1.165, 1.54) is 26.4 Å². The van der Waals surface area contributed by atoms with Gasteiger partial charge in [0.15, 0.2) is 0 Å². The summed E-state index contributed by atoms with van der Waals surface area (Å²) in [6.45, 7) is 13.6. The molecule has 3 heteroatoms. The Hall–Kier alpha value is -1.87. The Bertz CT molecular complexity index is 1010. The number of hydrogen-bond acceptors (Lipinski definition) is 3. The van der Waals surface area contributed by atoms with Gasteiger partial charge >= 0.3 is 0 Å². The zero-order valence-electron chi connectivity index (χ0n) is 17.9. The number of aromatic nitrogens is 1. The highest BCUT2D eigenvalue weighted by atomic mass is 32.1. The maximum Gasteiger partial charge on any atom is 0.123 e. The quantitative estimate of drug-likeness (QED) is 0.490. The molecule has 2 nitrogen and oxygen atoms in total. The highest BCUT2D eigenvalue weighted by Crippen LogP contribution is 2.35. The third-order valence-corrected chi connectivity index (χ3v) is 6.61. The first-order chi connectivity index (χ1) is 13.1. The number of benzene rings is 2. The molecule has 0 saturated heterocycles. The van der Waals surface area contributed by atoms with Crippen LogP contribution in [0.4, 0.5) is 0 Å². The summed E-state index contributed by atoms with van der Waals surface area (Å²) >= 11 is 1.84. The van der Waals surface area contributed by atoms with Crippen molar-refractivity contribution in [2.75, 3.05) is 0 Å². The van der Waals surface area contributed by atoms with Crippen molar-refractivity contribution < 1.29 is 4.74 Å². The largest absolute Gasteiger partial charge is 0.490 e. The number of thiazole rings is 1. The summed E-state index contributed by atoms with van der Waals surface area (Å²) in [4.78, 5) is 4.98. The molecule has 1 aromatic heterocycles. The van der Waals surface area contributed by atoms with E-state index in [0.29, 0.717) is 6.10 Å². The van der Waals surface area contributed by atoms with E-state index in [0.717, 1.165) is 30.5 Å². The molecular weight excluding hydrogens is 362 g/mol. The van der Waals surface area contributed by atoms with Gasteiger partial charge < -0.3 is 4.74 Å². The predicted octanol–water partition coefficient (Wildman–Crippen LogP) is 6.73. The lowest BCUT2D eigenvalue weighted by Gasteiger charge is -2.23. The molecule has 1 atom stereocenters. The maximum atomic E-state index is 5.85. The molecule has 1 aliphatic heterocycles. The van der Waals surface area contributed by atoms with Gasteiger partial charge in [0.25, 0.3) is 0 Å². The zero-order valence-corrected chi connectivity index (χ0v) is 18.7. The molecule has 2 aromatic carbocycles. The van der Waals surface area contributed by atoms with Crippen molar-refractivity contribution in [3.8, 4) is 5.75 Å². The molecular formula is C25H31NOS. The summed E-state index contributed by atoms with van der Waals surface area (Å²) in [5.41, 5.74) is 5.58. The minimum absolute atomic E-state index is 0.159. The van der Waals surface area contributed by atoms with Crippen LogP contribution in [0.1, 0.15) is 63.2 Å². The zero-order chi connectivity index (χ0) is 20.1. The monoisotopic (exact) mass is 393 g/mol. The second-order valence-corrected chi connectivity index (χ2v) is 11.2. The molecule has 0 N–H and O–H groups in total. The third-order valence-electron chi connectivity index (χ3n) is 5.57. The van der Waals surface area contributed by atoms with Gasteiger partial charge in [-0.15, -0.1) is 11.3 Å². The van der Waals surface area contributed by atoms with E-state index < -0.39 is 0 Å². The Morgan fingerprint density at radius 1 is 1.04 bits per heavy atom. The van der Waals surface area contributed by atoms with Gasteiger partial charge in [-0.3, -0.25) is 0 Å². The van der Waals surface area contributed by atoms with Crippen molar-refractivity contribution in [3.63, 3.8) is 0 Å². The molecule has 0 spiro atoms. The van der Waals surface area contributed by atoms with Crippen molar-refractivity contribution in [1.29, 1.82) is 0 Å². The summed E-state index contributed by atoms with van der Waals surface area (Å²) < 4.78 is 7.14. The molecule has 0 radical (unpaired) electrons. The van der Waals surface area contributed by atoms with Crippen LogP contribution >= 0.6 is 11.3 Å². The smallest absolute Gasteiger partial charge is 0.123 e. The Labute approximate surface area is 173 Å². The van der Waals surface area contributed by atoms with Crippen LogP contribution in [0, 0.1) is 5.41 Å². The molecule has 2 heterocycles. The summed E-state index contributed by atoms with van der Waals surface area (Å²) in [6.07, 6.45) is 3.38. The fourth-order valence-electron chi connectivity index (χ4n) is 4.13. The van der Waals surface area contributed by atoms with Gasteiger partial charge in [-0.1, -0.05) is 52.8 Å². The van der Waals surface area contributed by atoms with Crippen molar-refractivity contribution in [2.24, 2.45) is 5.41 Å². The third kappa shape index (κ3) is 4.10. The van der Waals surface area contributed by atoms with E-state index in [1.807, 2.05) is 11.3 Å². The summed E-state index contributed by atoms with van der Waals surface area (Å²) in [6, 6.07) is 13.5. The molecule has 0 fully saturated rings. The van der Waals surface area contributed by atoms with Crippen molar-refractivity contribution in [3.05, 3.63) is 58.1 Å². The minimum Gasteiger partial charge on any atom is -0.490 e. The number of fused-ring (bicyclic) bond motifs is 2. The Morgan fingerprint density at radius 3 is 2.57 bits per heavy atom. The first-order valence-corrected chi connectivity index (χ1v) is 11.1. The molecule has 28 heavy (non-hydrogen) atoms. The normalized spacial score (nSPS) is 17.0. The lowest BCUT2D eigenvalue weighted by molar-refractivity contribution is 0.254. The summed E-state index contributed by atoms with van der Waals surface area (Å²) in [7, 11) is 0. The number of rotatable bonds is 4. The fraction of sp³-hybridized carbons (Fsp3) is 0.480. The average molecular weight is 394 g/mol. The highest BCUT2D eigenvalue weighted by Gasteiger charge is 2.24. The van der Waals surface area contributed by atoms with E-state index in [4.69, 9.17) is 9.72 Å². The topological polar surface area (TPSA) is 22.1 Å². The van der Waals surface area contributed by atoms with Gasteiger partial charge in [0.1, 0.15) is 11.9 Å². The average Bonchev–Trinajstić information content (AvgIpc) is 3.13. The van der Waals surface area contributed by atoms with Crippen molar-refractivity contribution >= 4 is 21.6 Å². The Kier molecular flexibility index (Phi) is 4.78. The van der Waals surface area contributed by atoms with Crippen molar-refractivity contribution in [1.82, 2.24) is 4.98 Å². The number of nitrogens with zero attached hydrogens (tertiary/aromatic N) is 1. The van der Waals surface area contributed by atoms with E-state index >= 15 is 0 Å². The summed E-state index contributed by atoms with van der Waals surface area (Å²) in [5, 5.41) is 1.24. The molecule has 3 aromatic rings. The Morgan fingerprint density at radius 2 is 1.82 bits per heavy atom. The van der Waals surface area contributed by atoms with Crippen molar-refractivity contribution in [2.45, 2.75) is 72.3 Å². The minimum atomic E-state index is 0.159. The van der Waals surface area contributed by atoms with E-state index in [2.05, 4.69) is 77.9 Å². The van der Waals surface area contributed by atoms with Crippen LogP contribution in [0.2, 0.25) is 0 Å². The molecule has 0 aliphatic carbocycles. The molecule has 1 aliphatic rings. The molecule has 0 bridgehead atoms. The van der Waals surface area contributed by atoms with Crippen LogP contribution in [-0.4, -0.2) is 11.1 Å². The van der Waals surface area contributed by atoms with Crippen LogP contribution in [0.3, 0.4) is 0 Å². The first-order valence-electron chi connectivity index (χ1n) is 10.3. The number of ether oxygens (including phenoxy) is 1. The molecule has 0 amide bonds. The standard InChI is InChI=1S/C25H31NOS/c1-16-11-18-12-17(7-9-21(18)27-16)14-25(5,6)15-23-26-20-13-19(24(2,3)4)8-10-22(20)28-23/h7-10,12-13,16H,11,14-15H2,1-6H3/t16-/m0/s1. The molecule has 148 valence electrons. The van der Waals surface area contributed by atoms with Gasteiger partial charge in [0, 0.05) is 12.8 Å². The van der Waals surface area contributed by atoms with Gasteiger partial charge in [-0.05, 0) is 59.1 Å². The highest BCUT2D eigenvalue weighted by molar-refractivity contribution is 7.18. The molecule has 0 saturated carbocycles. The Balaban J connectivity index is 1.52. The van der Waals surface area contributed by atoms with E-state index in [9.17, 15) is 0 Å². The van der Waals surface area contributed by atoms with E-state index in [-0.39, 0.29) is 10.8 Å². The van der Waals surface area contributed by atoms with Crippen LogP contribution in [0.15, 0.2) is 36.4 Å². The summed E-state index contributed by atoms with van der Waals surface area (Å²) in [5.74, 6) is 1.06. The van der Waals surface area contributed by atoms with Gasteiger partial charge in [0.05, 0.1) is 15.2 Å². The maximum absolute atomic E-state index is 5.85. The van der Waals surface area contributed by atoms with Crippen LogP contribution in [-0.2, 0) is 24.7 Å². The lowest BCUT2D eigenvalue weighted by atomic mass is 9.82. The second-order valence-electron chi connectivity index (χ2n) is 10.1. The van der Waals surface area contributed by atoms with Crippen LogP contribution in [0.25, 0.3) is 10.2 Å². The molecule has 4 rings (SSSR count). The van der Waals surface area contributed by atoms with E-state index in [1.54, 1.807) is 0 Å². The second kappa shape index (κ2) is 6.88. The number of hydrogen-bond donors (Lipinski definition) is 0. The van der Waals surface area contributed by atoms with Gasteiger partial charge in [-0.25, -0.2) is 4.98 Å².